The van der Waals surface area contributed by atoms with E-state index in [-0.39, 0.29) is 6.42 Å². The Labute approximate surface area is 260 Å². The summed E-state index contributed by atoms with van der Waals surface area (Å²) < 4.78 is 6.71. The maximum Gasteiger partial charge on any atom is 0.307 e. The summed E-state index contributed by atoms with van der Waals surface area (Å²) in [5.74, 6) is 0.772. The topological polar surface area (TPSA) is 95.8 Å². The van der Waals surface area contributed by atoms with Gasteiger partial charge >= 0.3 is 5.97 Å². The van der Waals surface area contributed by atoms with Crippen LogP contribution >= 0.6 is 22.9 Å². The number of carboxylic acid groups (broad SMARTS) is 1. The molecule has 0 aliphatic carbocycles. The van der Waals surface area contributed by atoms with Crippen LogP contribution in [0.4, 0.5) is 5.82 Å². The molecule has 0 fully saturated rings. The third-order valence-corrected chi connectivity index (χ3v) is 8.15. The molecule has 0 amide bonds. The van der Waals surface area contributed by atoms with Crippen LogP contribution in [0.1, 0.15) is 31.9 Å². The number of likely N-dealkylation sites (N-methyl/N-ethyl adjacent to an activating group) is 1. The maximum absolute atomic E-state index is 11.8. The van der Waals surface area contributed by atoms with E-state index in [1.165, 1.54) is 0 Å². The number of benzene rings is 3. The summed E-state index contributed by atoms with van der Waals surface area (Å²) in [5, 5.41) is 19.7. The molecule has 1 aliphatic heterocycles. The van der Waals surface area contributed by atoms with Gasteiger partial charge < -0.3 is 19.8 Å². The molecule has 0 bridgehead atoms. The number of nitrogens with zero attached hydrogens (tertiary/aromatic N) is 3. The van der Waals surface area contributed by atoms with E-state index in [4.69, 9.17) is 31.4 Å². The lowest BCUT2D eigenvalue weighted by molar-refractivity contribution is -0.136. The van der Waals surface area contributed by atoms with E-state index in [0.717, 1.165) is 72.4 Å². The first kappa shape index (κ1) is 30.5. The van der Waals surface area contributed by atoms with Gasteiger partial charge in [0.05, 0.1) is 34.5 Å². The van der Waals surface area contributed by atoms with Crippen LogP contribution in [-0.4, -0.2) is 52.0 Å². The molecule has 5 aromatic rings. The molecule has 0 unspecified atom stereocenters. The van der Waals surface area contributed by atoms with Crippen LogP contribution in [0.2, 0.25) is 5.02 Å². The van der Waals surface area contributed by atoms with Crippen LogP contribution in [0.5, 0.6) is 5.75 Å². The second-order valence-electron chi connectivity index (χ2n) is 11.5. The summed E-state index contributed by atoms with van der Waals surface area (Å²) >= 11 is 7.72. The van der Waals surface area contributed by atoms with Crippen molar-refractivity contribution in [2.45, 2.75) is 39.7 Å². The fraction of sp³-hybridized carbons (Fsp3) is 0.265. The van der Waals surface area contributed by atoms with Crippen molar-refractivity contribution in [2.75, 3.05) is 25.1 Å². The fourth-order valence-corrected chi connectivity index (χ4v) is 6.11. The summed E-state index contributed by atoms with van der Waals surface area (Å²) in [6.45, 7) is 8.63. The number of carbonyl (C=O) groups is 1. The third kappa shape index (κ3) is 7.16. The molecule has 2 N–H and O–H groups in total. The number of rotatable bonds is 5. The van der Waals surface area contributed by atoms with Crippen molar-refractivity contribution in [1.82, 2.24) is 9.97 Å². The zero-order valence-electron chi connectivity index (χ0n) is 24.8. The van der Waals surface area contributed by atoms with E-state index in [0.29, 0.717) is 11.6 Å². The largest absolute Gasteiger partial charge is 0.488 e. The van der Waals surface area contributed by atoms with Crippen molar-refractivity contribution in [3.8, 4) is 38.7 Å². The Hall–Kier alpha value is -3.98. The first-order valence-electron chi connectivity index (χ1n) is 14.0. The molecule has 2 aromatic heterocycles. The molecule has 0 saturated carbocycles. The number of aliphatic carboxylic acids is 1. The molecule has 9 heteroatoms. The predicted octanol–water partition coefficient (Wildman–Crippen LogP) is 7.89. The molecular weight excluding hydrogens is 582 g/mol. The van der Waals surface area contributed by atoms with Gasteiger partial charge in [0.15, 0.2) is 11.6 Å². The number of halogens is 1. The van der Waals surface area contributed by atoms with E-state index in [2.05, 4.69) is 11.0 Å². The second kappa shape index (κ2) is 12.3. The number of hydrogen-bond acceptors (Lipinski definition) is 7. The molecule has 222 valence electrons. The van der Waals surface area contributed by atoms with Gasteiger partial charge in [-0.3, -0.25) is 4.79 Å². The van der Waals surface area contributed by atoms with Gasteiger partial charge in [0.25, 0.3) is 0 Å². The summed E-state index contributed by atoms with van der Waals surface area (Å²) in [5.41, 5.74) is 6.70. The summed E-state index contributed by atoms with van der Waals surface area (Å²) in [6, 6.07) is 21.7. The first-order chi connectivity index (χ1) is 20.4. The van der Waals surface area contributed by atoms with Crippen LogP contribution in [0.3, 0.4) is 0 Å². The van der Waals surface area contributed by atoms with Crippen molar-refractivity contribution in [1.29, 1.82) is 0 Å². The molecule has 1 aliphatic rings. The molecule has 3 aromatic carbocycles. The second-order valence-corrected chi connectivity index (χ2v) is 13.0. The summed E-state index contributed by atoms with van der Waals surface area (Å²) in [4.78, 5) is 23.7. The Morgan fingerprint density at radius 3 is 2.42 bits per heavy atom. The van der Waals surface area contributed by atoms with Gasteiger partial charge in [0.2, 0.25) is 0 Å². The van der Waals surface area contributed by atoms with E-state index in [1.54, 1.807) is 32.1 Å². The Morgan fingerprint density at radius 1 is 1.02 bits per heavy atom. The van der Waals surface area contributed by atoms with Crippen LogP contribution in [-0.2, 0) is 11.2 Å². The molecule has 0 spiro atoms. The highest BCUT2D eigenvalue weighted by Gasteiger charge is 2.21. The lowest BCUT2D eigenvalue weighted by Crippen LogP contribution is -2.29. The minimum Gasteiger partial charge on any atom is -0.488 e. The lowest BCUT2D eigenvalue weighted by Gasteiger charge is -2.26. The molecule has 0 radical (unpaired) electrons. The zero-order chi connectivity index (χ0) is 30.9. The highest BCUT2D eigenvalue weighted by atomic mass is 35.5. The van der Waals surface area contributed by atoms with Gasteiger partial charge in [0.1, 0.15) is 11.6 Å². The quantitative estimate of drug-likeness (QED) is 0.208. The van der Waals surface area contributed by atoms with Gasteiger partial charge in [-0.05, 0) is 80.8 Å². The Kier molecular flexibility index (Phi) is 8.74. The van der Waals surface area contributed by atoms with E-state index in [9.17, 15) is 9.90 Å². The molecule has 6 rings (SSSR count). The van der Waals surface area contributed by atoms with Crippen LogP contribution in [0, 0.1) is 6.92 Å². The van der Waals surface area contributed by atoms with Crippen LogP contribution < -0.4 is 9.64 Å². The number of aromatic nitrogens is 2. The minimum absolute atomic E-state index is 0.0649. The third-order valence-electron chi connectivity index (χ3n) is 6.76. The van der Waals surface area contributed by atoms with Crippen molar-refractivity contribution in [3.63, 3.8) is 0 Å². The number of fused-ring (bicyclic) bond motifs is 2. The van der Waals surface area contributed by atoms with Gasteiger partial charge in [-0.2, -0.15) is 0 Å². The van der Waals surface area contributed by atoms with E-state index in [1.807, 2.05) is 74.6 Å². The Balaban J connectivity index is 0.000000682. The number of thiazole rings is 1. The Morgan fingerprint density at radius 2 is 1.72 bits per heavy atom. The number of aryl methyl sites for hydroxylation is 1. The molecule has 43 heavy (non-hydrogen) atoms. The van der Waals surface area contributed by atoms with Crippen molar-refractivity contribution in [2.24, 2.45) is 0 Å². The van der Waals surface area contributed by atoms with Crippen molar-refractivity contribution < 1.29 is 19.7 Å². The number of aliphatic hydroxyl groups is 1. The summed E-state index contributed by atoms with van der Waals surface area (Å²) in [6.07, 6.45) is -0.0649. The van der Waals surface area contributed by atoms with Gasteiger partial charge in [0, 0.05) is 28.8 Å². The van der Waals surface area contributed by atoms with Gasteiger partial charge in [-0.1, -0.05) is 41.9 Å². The van der Waals surface area contributed by atoms with Crippen LogP contribution in [0.25, 0.3) is 43.2 Å². The lowest BCUT2D eigenvalue weighted by atomic mass is 9.93. The normalized spacial score (nSPS) is 12.8. The van der Waals surface area contributed by atoms with Crippen molar-refractivity contribution in [3.05, 3.63) is 82.9 Å². The monoisotopic (exact) mass is 615 g/mol. The smallest absolute Gasteiger partial charge is 0.307 e. The molecule has 0 saturated heterocycles. The highest BCUT2D eigenvalue weighted by molar-refractivity contribution is 7.22. The SMILES string of the molecule is CC(C)(C)O.Cc1cc2nc(-c3cccc(-c4ccc5c(n4)N(C)CCO5)c3)sc2c(-c2ccc(Cl)cc2)c1CC(=O)O. The Bertz CT molecular complexity index is 1790. The van der Waals surface area contributed by atoms with E-state index < -0.39 is 11.6 Å². The molecular formula is C34H34ClN3O4S. The minimum atomic E-state index is -0.867. The highest BCUT2D eigenvalue weighted by Crippen LogP contribution is 2.42. The number of hydrogen-bond donors (Lipinski definition) is 2. The number of ether oxygens (including phenoxy) is 1. The number of anilines is 1. The zero-order valence-corrected chi connectivity index (χ0v) is 26.4. The number of pyridine rings is 1. The summed E-state index contributed by atoms with van der Waals surface area (Å²) in [7, 11) is 2.02. The average Bonchev–Trinajstić information content (AvgIpc) is 3.37. The standard InChI is InChI=1S/C30H24ClN3O3S.C4H10O/c1-17-14-24-28(27(22(17)16-26(35)36)18-6-8-21(31)9-7-18)38-30(33-24)20-5-3-4-19(15-20)23-10-11-25-29(32-23)34(2)12-13-37-25;1-4(2,3)5/h3-11,14-15H,12-13,16H2,1-2H3,(H,35,36);5H,1-3H3. The predicted molar refractivity (Wildman–Crippen MR) is 176 cm³/mol. The van der Waals surface area contributed by atoms with Gasteiger partial charge in [-0.15, -0.1) is 11.3 Å². The van der Waals surface area contributed by atoms with Crippen LogP contribution in [0.15, 0.2) is 66.7 Å². The molecule has 0 atom stereocenters. The number of carboxylic acids is 1. The van der Waals surface area contributed by atoms with Gasteiger partial charge in [-0.25, -0.2) is 9.97 Å². The molecule has 7 nitrogen and oxygen atoms in total. The fourth-order valence-electron chi connectivity index (χ4n) is 4.85. The van der Waals surface area contributed by atoms with Crippen molar-refractivity contribution >= 4 is 44.9 Å². The first-order valence-corrected chi connectivity index (χ1v) is 15.2. The van der Waals surface area contributed by atoms with E-state index >= 15 is 0 Å². The average molecular weight is 616 g/mol. The maximum atomic E-state index is 11.8. The molecule has 3 heterocycles.